The molecule has 0 saturated carbocycles. The normalized spacial score (nSPS) is 14.1. The highest BCUT2D eigenvalue weighted by Gasteiger charge is 2.39. The van der Waals surface area contributed by atoms with Crippen LogP contribution in [-0.2, 0) is 14.3 Å². The Morgan fingerprint density at radius 2 is 1.79 bits per heavy atom. The van der Waals surface area contributed by atoms with Crippen molar-refractivity contribution in [1.29, 1.82) is 0 Å². The maximum atomic E-state index is 13.0. The second kappa shape index (κ2) is 8.09. The summed E-state index contributed by atoms with van der Waals surface area (Å²) >= 11 is 6.19. The standard InChI is InChI=1S/C22H21ClN2O4/c1-12(2)29-22(28)15-6-5-7-16(11-15)24-19-18(23)20(26)25(21(19)27)17-10-13(3)8-9-14(17)4/h5-12,24H,1-4H3. The first-order valence-electron chi connectivity index (χ1n) is 9.13. The highest BCUT2D eigenvalue weighted by atomic mass is 35.5. The lowest BCUT2D eigenvalue weighted by Gasteiger charge is -2.18. The molecule has 29 heavy (non-hydrogen) atoms. The summed E-state index contributed by atoms with van der Waals surface area (Å²) < 4.78 is 5.19. The number of nitrogens with zero attached hydrogens (tertiary/aromatic N) is 1. The van der Waals surface area contributed by atoms with Crippen molar-refractivity contribution >= 4 is 40.8 Å². The van der Waals surface area contributed by atoms with Gasteiger partial charge in [-0.25, -0.2) is 9.69 Å². The molecule has 0 radical (unpaired) electrons. The molecule has 7 heteroatoms. The molecule has 1 aliphatic rings. The zero-order chi connectivity index (χ0) is 21.3. The molecule has 0 fully saturated rings. The van der Waals surface area contributed by atoms with Crippen LogP contribution < -0.4 is 10.2 Å². The Bertz CT molecular complexity index is 1040. The van der Waals surface area contributed by atoms with Crippen LogP contribution in [-0.4, -0.2) is 23.9 Å². The maximum absolute atomic E-state index is 13.0. The van der Waals surface area contributed by atoms with Crippen molar-refractivity contribution in [3.05, 3.63) is 69.9 Å². The van der Waals surface area contributed by atoms with Gasteiger partial charge in [-0.15, -0.1) is 0 Å². The highest BCUT2D eigenvalue weighted by Crippen LogP contribution is 2.32. The number of anilines is 2. The number of benzene rings is 2. The number of rotatable bonds is 5. The molecule has 0 aliphatic carbocycles. The topological polar surface area (TPSA) is 75.7 Å². The molecule has 0 atom stereocenters. The third kappa shape index (κ3) is 4.17. The molecule has 0 saturated heterocycles. The maximum Gasteiger partial charge on any atom is 0.338 e. The Morgan fingerprint density at radius 3 is 2.48 bits per heavy atom. The lowest BCUT2D eigenvalue weighted by Crippen LogP contribution is -2.33. The SMILES string of the molecule is Cc1ccc(C)c(N2C(=O)C(Cl)=C(Nc3cccc(C(=O)OC(C)C)c3)C2=O)c1. The number of esters is 1. The Kier molecular flexibility index (Phi) is 5.75. The van der Waals surface area contributed by atoms with E-state index in [9.17, 15) is 14.4 Å². The zero-order valence-corrected chi connectivity index (χ0v) is 17.3. The van der Waals surface area contributed by atoms with Crippen molar-refractivity contribution in [2.45, 2.75) is 33.8 Å². The number of imide groups is 1. The minimum absolute atomic E-state index is 0.0352. The predicted octanol–water partition coefficient (Wildman–Crippen LogP) is 4.30. The molecule has 1 heterocycles. The molecule has 3 rings (SSSR count). The smallest absolute Gasteiger partial charge is 0.338 e. The van der Waals surface area contributed by atoms with Gasteiger partial charge >= 0.3 is 5.97 Å². The molecule has 0 aromatic heterocycles. The highest BCUT2D eigenvalue weighted by molar-refractivity contribution is 6.53. The van der Waals surface area contributed by atoms with Gasteiger partial charge in [0.25, 0.3) is 11.8 Å². The van der Waals surface area contributed by atoms with Gasteiger partial charge in [-0.3, -0.25) is 9.59 Å². The fraction of sp³-hybridized carbons (Fsp3) is 0.227. The van der Waals surface area contributed by atoms with Crippen LogP contribution >= 0.6 is 11.6 Å². The molecule has 2 aromatic carbocycles. The summed E-state index contributed by atoms with van der Waals surface area (Å²) in [6, 6.07) is 12.0. The molecule has 1 aliphatic heterocycles. The summed E-state index contributed by atoms with van der Waals surface area (Å²) in [5.41, 5.74) is 2.92. The van der Waals surface area contributed by atoms with Crippen molar-refractivity contribution in [2.75, 3.05) is 10.2 Å². The molecule has 2 aromatic rings. The summed E-state index contributed by atoms with van der Waals surface area (Å²) in [5.74, 6) is -1.62. The summed E-state index contributed by atoms with van der Waals surface area (Å²) in [6.07, 6.45) is -0.253. The van der Waals surface area contributed by atoms with E-state index in [1.807, 2.05) is 26.0 Å². The van der Waals surface area contributed by atoms with E-state index in [1.165, 1.54) is 0 Å². The average Bonchev–Trinajstić information content (AvgIpc) is 2.87. The fourth-order valence-corrected chi connectivity index (χ4v) is 3.15. The van der Waals surface area contributed by atoms with E-state index in [0.29, 0.717) is 16.9 Å². The van der Waals surface area contributed by atoms with Gasteiger partial charge in [0, 0.05) is 5.69 Å². The molecule has 1 N–H and O–H groups in total. The number of nitrogens with one attached hydrogen (secondary N) is 1. The largest absolute Gasteiger partial charge is 0.459 e. The van der Waals surface area contributed by atoms with E-state index in [0.717, 1.165) is 16.0 Å². The first-order valence-corrected chi connectivity index (χ1v) is 9.50. The molecule has 6 nitrogen and oxygen atoms in total. The van der Waals surface area contributed by atoms with Crippen molar-refractivity contribution in [3.8, 4) is 0 Å². The number of hydrogen-bond donors (Lipinski definition) is 1. The van der Waals surface area contributed by atoms with E-state index < -0.39 is 17.8 Å². The van der Waals surface area contributed by atoms with Gasteiger partial charge in [0.2, 0.25) is 0 Å². The van der Waals surface area contributed by atoms with Gasteiger partial charge in [-0.2, -0.15) is 0 Å². The number of carbonyl (C=O) groups excluding carboxylic acids is 3. The second-order valence-electron chi connectivity index (χ2n) is 7.08. The Labute approximate surface area is 174 Å². The van der Waals surface area contributed by atoms with Crippen molar-refractivity contribution < 1.29 is 19.1 Å². The lowest BCUT2D eigenvalue weighted by atomic mass is 10.1. The van der Waals surface area contributed by atoms with Crippen LogP contribution in [0.4, 0.5) is 11.4 Å². The van der Waals surface area contributed by atoms with Crippen molar-refractivity contribution in [1.82, 2.24) is 0 Å². The number of halogens is 1. The Morgan fingerprint density at radius 1 is 1.07 bits per heavy atom. The second-order valence-corrected chi connectivity index (χ2v) is 7.46. The number of carbonyl (C=O) groups is 3. The van der Waals surface area contributed by atoms with Crippen LogP contribution in [0.3, 0.4) is 0 Å². The van der Waals surface area contributed by atoms with E-state index in [2.05, 4.69) is 5.32 Å². The minimum atomic E-state index is -0.594. The summed E-state index contributed by atoms with van der Waals surface area (Å²) in [5, 5.41) is 2.68. The Hall–Kier alpha value is -3.12. The predicted molar refractivity (Wildman–Crippen MR) is 112 cm³/mol. The third-order valence-corrected chi connectivity index (χ3v) is 4.69. The summed E-state index contributed by atoms with van der Waals surface area (Å²) in [7, 11) is 0. The first-order chi connectivity index (χ1) is 13.7. The van der Waals surface area contributed by atoms with Gasteiger partial charge in [-0.05, 0) is 63.1 Å². The lowest BCUT2D eigenvalue weighted by molar-refractivity contribution is -0.120. The van der Waals surface area contributed by atoms with Crippen LogP contribution in [0.15, 0.2) is 53.2 Å². The van der Waals surface area contributed by atoms with Crippen LogP contribution in [0.25, 0.3) is 0 Å². The quantitative estimate of drug-likeness (QED) is 0.585. The molecule has 0 spiro atoms. The summed E-state index contributed by atoms with van der Waals surface area (Å²) in [6.45, 7) is 7.22. The van der Waals surface area contributed by atoms with Crippen LogP contribution in [0, 0.1) is 13.8 Å². The first kappa shape index (κ1) is 20.6. The van der Waals surface area contributed by atoms with Gasteiger partial charge in [0.15, 0.2) is 0 Å². The van der Waals surface area contributed by atoms with Gasteiger partial charge in [0.05, 0.1) is 17.4 Å². The molecule has 0 bridgehead atoms. The fourth-order valence-electron chi connectivity index (χ4n) is 2.94. The van der Waals surface area contributed by atoms with Gasteiger partial charge in [0.1, 0.15) is 10.7 Å². The van der Waals surface area contributed by atoms with E-state index >= 15 is 0 Å². The van der Waals surface area contributed by atoms with E-state index in [-0.39, 0.29) is 16.8 Å². The van der Waals surface area contributed by atoms with E-state index in [1.54, 1.807) is 44.2 Å². The minimum Gasteiger partial charge on any atom is -0.459 e. The molecular formula is C22H21ClN2O4. The Balaban J connectivity index is 1.89. The molecule has 0 unspecified atom stereocenters. The zero-order valence-electron chi connectivity index (χ0n) is 16.6. The molecule has 150 valence electrons. The van der Waals surface area contributed by atoms with Crippen molar-refractivity contribution in [2.24, 2.45) is 0 Å². The average molecular weight is 413 g/mol. The van der Waals surface area contributed by atoms with Gasteiger partial charge in [-0.1, -0.05) is 29.8 Å². The third-order valence-electron chi connectivity index (χ3n) is 4.34. The van der Waals surface area contributed by atoms with Crippen LogP contribution in [0.1, 0.15) is 35.3 Å². The summed E-state index contributed by atoms with van der Waals surface area (Å²) in [4.78, 5) is 38.8. The number of hydrogen-bond acceptors (Lipinski definition) is 5. The molecule has 2 amide bonds. The monoisotopic (exact) mass is 412 g/mol. The number of amides is 2. The molecular weight excluding hydrogens is 392 g/mol. The number of ether oxygens (including phenoxy) is 1. The van der Waals surface area contributed by atoms with Crippen LogP contribution in [0.2, 0.25) is 0 Å². The van der Waals surface area contributed by atoms with Gasteiger partial charge < -0.3 is 10.1 Å². The number of aryl methyl sites for hydroxylation is 2. The van der Waals surface area contributed by atoms with Crippen molar-refractivity contribution in [3.63, 3.8) is 0 Å². The van der Waals surface area contributed by atoms with Crippen LogP contribution in [0.5, 0.6) is 0 Å². The van der Waals surface area contributed by atoms with E-state index in [4.69, 9.17) is 16.3 Å².